The average molecular weight is 243 g/mol. The van der Waals surface area contributed by atoms with Crippen LogP contribution in [-0.2, 0) is 4.74 Å². The first kappa shape index (κ1) is 9.95. The fourth-order valence-corrected chi connectivity index (χ4v) is 3.20. The van der Waals surface area contributed by atoms with Crippen molar-refractivity contribution in [1.82, 2.24) is 0 Å². The molecule has 1 aromatic carbocycles. The van der Waals surface area contributed by atoms with Gasteiger partial charge in [-0.1, -0.05) is 36.0 Å². The van der Waals surface area contributed by atoms with E-state index in [1.807, 2.05) is 12.1 Å². The van der Waals surface area contributed by atoms with Crippen molar-refractivity contribution in [1.29, 1.82) is 0 Å². The summed E-state index contributed by atoms with van der Waals surface area (Å²) in [5.41, 5.74) is 1.27. The molecule has 0 N–H and O–H groups in total. The Bertz CT molecular complexity index is 376. The fourth-order valence-electron chi connectivity index (χ4n) is 2.65. The van der Waals surface area contributed by atoms with Gasteiger partial charge >= 0.3 is 0 Å². The van der Waals surface area contributed by atoms with Crippen molar-refractivity contribution in [2.45, 2.75) is 37.4 Å². The molecule has 1 unspecified atom stereocenters. The second-order valence-electron chi connectivity index (χ2n) is 4.47. The van der Waals surface area contributed by atoms with Gasteiger partial charge in [0.2, 0.25) is 0 Å². The Labute approximate surface area is 99.3 Å². The third kappa shape index (κ3) is 1.67. The number of ether oxygens (including phenoxy) is 1. The van der Waals surface area contributed by atoms with Crippen LogP contribution in [0.25, 0.3) is 0 Å². The normalized spacial score (nSPS) is 27.2. The maximum absolute atomic E-state index is 5.98. The van der Waals surface area contributed by atoms with Gasteiger partial charge < -0.3 is 4.74 Å². The van der Waals surface area contributed by atoms with E-state index in [9.17, 15) is 0 Å². The van der Waals surface area contributed by atoms with Crippen LogP contribution in [0.15, 0.2) is 18.2 Å². The molecule has 0 aromatic heterocycles. The Kier molecular flexibility index (Phi) is 2.24. The Hall–Kier alpha value is -0.240. The quantitative estimate of drug-likeness (QED) is 0.667. The van der Waals surface area contributed by atoms with E-state index in [0.717, 1.165) is 5.56 Å². The van der Waals surface area contributed by atoms with Gasteiger partial charge in [-0.2, -0.15) is 0 Å². The van der Waals surface area contributed by atoms with Crippen LogP contribution in [0.2, 0.25) is 10.0 Å². The van der Waals surface area contributed by atoms with Crippen molar-refractivity contribution in [3.05, 3.63) is 33.8 Å². The highest BCUT2D eigenvalue weighted by molar-refractivity contribution is 6.34. The first-order valence-electron chi connectivity index (χ1n) is 5.33. The van der Waals surface area contributed by atoms with Crippen LogP contribution in [-0.4, -0.2) is 5.60 Å². The highest BCUT2D eigenvalue weighted by Gasteiger charge is 2.58. The Morgan fingerprint density at radius 3 is 2.27 bits per heavy atom. The Balaban J connectivity index is 1.89. The standard InChI is InChI=1S/C12H12Cl2O/c13-9-5-8(6-10(14)7-9)11-12(15-11)3-1-2-4-12/h5-7,11H,1-4H2. The largest absolute Gasteiger partial charge is 0.361 e. The van der Waals surface area contributed by atoms with Crippen LogP contribution in [0.5, 0.6) is 0 Å². The van der Waals surface area contributed by atoms with Crippen LogP contribution in [0.1, 0.15) is 37.4 Å². The van der Waals surface area contributed by atoms with Gasteiger partial charge in [-0.25, -0.2) is 0 Å². The van der Waals surface area contributed by atoms with Crippen molar-refractivity contribution in [2.24, 2.45) is 0 Å². The molecule has 0 bridgehead atoms. The monoisotopic (exact) mass is 242 g/mol. The van der Waals surface area contributed by atoms with E-state index in [2.05, 4.69) is 0 Å². The molecule has 1 aliphatic heterocycles. The number of hydrogen-bond acceptors (Lipinski definition) is 1. The molecule has 0 amide bonds. The Morgan fingerprint density at radius 1 is 1.07 bits per heavy atom. The lowest BCUT2D eigenvalue weighted by Crippen LogP contribution is -2.04. The van der Waals surface area contributed by atoms with Gasteiger partial charge in [-0.3, -0.25) is 0 Å². The van der Waals surface area contributed by atoms with Crippen LogP contribution in [0, 0.1) is 0 Å². The minimum atomic E-state index is 0.133. The smallest absolute Gasteiger partial charge is 0.112 e. The van der Waals surface area contributed by atoms with Gasteiger partial charge in [0.25, 0.3) is 0 Å². The zero-order chi connectivity index (χ0) is 10.5. The zero-order valence-corrected chi connectivity index (χ0v) is 9.81. The van der Waals surface area contributed by atoms with Crippen LogP contribution >= 0.6 is 23.2 Å². The molecule has 2 aliphatic rings. The first-order chi connectivity index (χ1) is 7.20. The predicted octanol–water partition coefficient (Wildman–Crippen LogP) is 4.38. The number of epoxide rings is 1. The van der Waals surface area contributed by atoms with E-state index >= 15 is 0 Å². The van der Waals surface area contributed by atoms with E-state index in [1.54, 1.807) is 6.07 Å². The lowest BCUT2D eigenvalue weighted by atomic mass is 9.98. The zero-order valence-electron chi connectivity index (χ0n) is 8.30. The molecule has 1 saturated carbocycles. The summed E-state index contributed by atoms with van der Waals surface area (Å²) in [6, 6.07) is 5.69. The molecule has 1 aliphatic carbocycles. The van der Waals surface area contributed by atoms with Gasteiger partial charge in [0, 0.05) is 10.0 Å². The number of benzene rings is 1. The van der Waals surface area contributed by atoms with Gasteiger partial charge in [-0.15, -0.1) is 0 Å². The van der Waals surface area contributed by atoms with Crippen molar-refractivity contribution in [3.8, 4) is 0 Å². The summed E-state index contributed by atoms with van der Waals surface area (Å²) in [4.78, 5) is 0. The Morgan fingerprint density at radius 2 is 1.67 bits per heavy atom. The molecule has 1 atom stereocenters. The lowest BCUT2D eigenvalue weighted by Gasteiger charge is -2.03. The molecule has 2 fully saturated rings. The molecular weight excluding hydrogens is 231 g/mol. The molecule has 3 rings (SSSR count). The summed E-state index contributed by atoms with van der Waals surface area (Å²) in [6.07, 6.45) is 5.16. The topological polar surface area (TPSA) is 12.5 Å². The molecule has 1 spiro atoms. The molecule has 1 saturated heterocycles. The van der Waals surface area contributed by atoms with Gasteiger partial charge in [0.1, 0.15) is 6.10 Å². The third-order valence-electron chi connectivity index (χ3n) is 3.41. The SMILES string of the molecule is Clc1cc(Cl)cc(C2OC23CCCC3)c1. The van der Waals surface area contributed by atoms with E-state index in [-0.39, 0.29) is 11.7 Å². The highest BCUT2D eigenvalue weighted by Crippen LogP contribution is 2.59. The number of halogens is 2. The van der Waals surface area contributed by atoms with Crippen molar-refractivity contribution >= 4 is 23.2 Å². The summed E-state index contributed by atoms with van der Waals surface area (Å²) in [7, 11) is 0. The molecule has 1 nitrogen and oxygen atoms in total. The summed E-state index contributed by atoms with van der Waals surface area (Å²) in [5, 5.41) is 1.39. The number of rotatable bonds is 1. The summed E-state index contributed by atoms with van der Waals surface area (Å²) >= 11 is 12.0. The van der Waals surface area contributed by atoms with E-state index in [1.165, 1.54) is 25.7 Å². The second-order valence-corrected chi connectivity index (χ2v) is 5.35. The molecule has 80 valence electrons. The van der Waals surface area contributed by atoms with Crippen LogP contribution in [0.3, 0.4) is 0 Å². The molecule has 15 heavy (non-hydrogen) atoms. The maximum Gasteiger partial charge on any atom is 0.112 e. The lowest BCUT2D eigenvalue weighted by molar-refractivity contribution is 0.297. The molecule has 1 aromatic rings. The average Bonchev–Trinajstić information content (AvgIpc) is 2.63. The minimum Gasteiger partial charge on any atom is -0.361 e. The number of hydrogen-bond donors (Lipinski definition) is 0. The molecular formula is C12H12Cl2O. The fraction of sp³-hybridized carbons (Fsp3) is 0.500. The first-order valence-corrected chi connectivity index (χ1v) is 6.09. The molecule has 0 radical (unpaired) electrons. The van der Waals surface area contributed by atoms with Crippen molar-refractivity contribution in [2.75, 3.05) is 0 Å². The third-order valence-corrected chi connectivity index (χ3v) is 3.85. The van der Waals surface area contributed by atoms with Gasteiger partial charge in [0.15, 0.2) is 0 Å². The van der Waals surface area contributed by atoms with Crippen LogP contribution in [0.4, 0.5) is 0 Å². The minimum absolute atomic E-state index is 0.133. The van der Waals surface area contributed by atoms with Gasteiger partial charge in [0.05, 0.1) is 5.60 Å². The molecule has 3 heteroatoms. The van der Waals surface area contributed by atoms with E-state index in [0.29, 0.717) is 10.0 Å². The van der Waals surface area contributed by atoms with Gasteiger partial charge in [-0.05, 0) is 36.6 Å². The predicted molar refractivity (Wildman–Crippen MR) is 61.5 cm³/mol. The summed E-state index contributed by atoms with van der Waals surface area (Å²) in [5.74, 6) is 0. The summed E-state index contributed by atoms with van der Waals surface area (Å²) in [6.45, 7) is 0. The second kappa shape index (κ2) is 3.38. The molecule has 1 heterocycles. The highest BCUT2D eigenvalue weighted by atomic mass is 35.5. The van der Waals surface area contributed by atoms with Crippen molar-refractivity contribution < 1.29 is 4.74 Å². The summed E-state index contributed by atoms with van der Waals surface area (Å²) < 4.78 is 5.84. The van der Waals surface area contributed by atoms with E-state index < -0.39 is 0 Å². The van der Waals surface area contributed by atoms with Crippen LogP contribution < -0.4 is 0 Å². The maximum atomic E-state index is 5.98. The van der Waals surface area contributed by atoms with E-state index in [4.69, 9.17) is 27.9 Å². The van der Waals surface area contributed by atoms with Crippen molar-refractivity contribution in [3.63, 3.8) is 0 Å².